The van der Waals surface area contributed by atoms with Crippen molar-refractivity contribution in [3.63, 3.8) is 0 Å². The number of hydrogen-bond acceptors (Lipinski definition) is 6. The zero-order valence-electron chi connectivity index (χ0n) is 13.6. The second-order valence-corrected chi connectivity index (χ2v) is 5.07. The summed E-state index contributed by atoms with van der Waals surface area (Å²) in [5.74, 6) is -2.45. The Morgan fingerprint density at radius 3 is 1.46 bits per heavy atom. The molecule has 2 unspecified atom stereocenters. The van der Waals surface area contributed by atoms with Crippen molar-refractivity contribution in [2.75, 3.05) is 26.4 Å². The molecule has 2 atom stereocenters. The molecule has 1 aromatic rings. The van der Waals surface area contributed by atoms with E-state index in [-0.39, 0.29) is 48.7 Å². The van der Waals surface area contributed by atoms with Gasteiger partial charge in [0.05, 0.1) is 49.8 Å². The molecule has 0 bridgehead atoms. The van der Waals surface area contributed by atoms with Crippen molar-refractivity contribution in [2.24, 2.45) is 0 Å². The fourth-order valence-electron chi connectivity index (χ4n) is 2.51. The van der Waals surface area contributed by atoms with E-state index >= 15 is 0 Å². The van der Waals surface area contributed by atoms with E-state index in [4.69, 9.17) is 19.7 Å². The van der Waals surface area contributed by atoms with E-state index in [1.807, 2.05) is 0 Å². The lowest BCUT2D eigenvalue weighted by molar-refractivity contribution is 0.0236. The lowest BCUT2D eigenvalue weighted by Gasteiger charge is -2.24. The molecule has 0 amide bonds. The second-order valence-electron chi connectivity index (χ2n) is 5.07. The molecule has 0 heterocycles. The fourth-order valence-corrected chi connectivity index (χ4v) is 2.51. The highest BCUT2D eigenvalue weighted by Crippen LogP contribution is 2.34. The number of hydrogen-bond donors (Lipinski definition) is 4. The molecule has 1 aromatic carbocycles. The summed E-state index contributed by atoms with van der Waals surface area (Å²) in [4.78, 5) is 23.1. The van der Waals surface area contributed by atoms with Crippen LogP contribution in [0.2, 0.25) is 0 Å². The van der Waals surface area contributed by atoms with Gasteiger partial charge in [0, 0.05) is 11.1 Å². The zero-order chi connectivity index (χ0) is 18.3. The van der Waals surface area contributed by atoms with Crippen molar-refractivity contribution in [1.82, 2.24) is 0 Å². The van der Waals surface area contributed by atoms with E-state index in [9.17, 15) is 19.8 Å². The van der Waals surface area contributed by atoms with E-state index in [0.717, 1.165) is 0 Å². The van der Waals surface area contributed by atoms with E-state index in [1.54, 1.807) is 13.8 Å². The van der Waals surface area contributed by atoms with Crippen molar-refractivity contribution in [3.05, 3.63) is 34.4 Å². The van der Waals surface area contributed by atoms with Crippen LogP contribution in [0.4, 0.5) is 0 Å². The SMILES string of the molecule is CC(OCCO)c1c(C(=O)O)ccc(C(=O)O)c1C(C)OCCO. The zero-order valence-corrected chi connectivity index (χ0v) is 13.6. The Bertz CT molecular complexity index is 533. The van der Waals surface area contributed by atoms with Crippen molar-refractivity contribution in [2.45, 2.75) is 26.1 Å². The van der Waals surface area contributed by atoms with Crippen LogP contribution in [0, 0.1) is 0 Å². The quantitative estimate of drug-likeness (QED) is 0.499. The van der Waals surface area contributed by atoms with Gasteiger partial charge in [-0.1, -0.05) is 0 Å². The van der Waals surface area contributed by atoms with Gasteiger partial charge in [-0.3, -0.25) is 0 Å². The van der Waals surface area contributed by atoms with Crippen LogP contribution in [-0.4, -0.2) is 58.8 Å². The van der Waals surface area contributed by atoms with Crippen LogP contribution in [0.5, 0.6) is 0 Å². The number of benzene rings is 1. The Labute approximate surface area is 139 Å². The van der Waals surface area contributed by atoms with E-state index < -0.39 is 24.1 Å². The first-order valence-corrected chi connectivity index (χ1v) is 7.43. The van der Waals surface area contributed by atoms with Crippen LogP contribution in [0.3, 0.4) is 0 Å². The predicted molar refractivity (Wildman–Crippen MR) is 83.3 cm³/mol. The molecule has 1 rings (SSSR count). The Hall–Kier alpha value is -2.00. The summed E-state index contributed by atoms with van der Waals surface area (Å²) in [5.41, 5.74) is 0.169. The minimum Gasteiger partial charge on any atom is -0.478 e. The molecule has 0 aromatic heterocycles. The van der Waals surface area contributed by atoms with E-state index in [1.165, 1.54) is 12.1 Å². The minimum atomic E-state index is -1.23. The summed E-state index contributed by atoms with van der Waals surface area (Å²) >= 11 is 0. The third-order valence-corrected chi connectivity index (χ3v) is 3.48. The van der Waals surface area contributed by atoms with Gasteiger partial charge < -0.3 is 29.9 Å². The van der Waals surface area contributed by atoms with Gasteiger partial charge in [-0.15, -0.1) is 0 Å². The summed E-state index contributed by atoms with van der Waals surface area (Å²) in [6, 6.07) is 2.42. The summed E-state index contributed by atoms with van der Waals surface area (Å²) in [5, 5.41) is 36.6. The molecule has 0 saturated carbocycles. The number of rotatable bonds is 10. The van der Waals surface area contributed by atoms with Gasteiger partial charge in [0.2, 0.25) is 0 Å². The molecule has 134 valence electrons. The topological polar surface area (TPSA) is 134 Å². The maximum atomic E-state index is 11.5. The molecular formula is C16H22O8. The minimum absolute atomic E-state index is 0.0250. The predicted octanol–water partition coefficient (Wildman–Crippen LogP) is 1.22. The van der Waals surface area contributed by atoms with Crippen molar-refractivity contribution in [1.29, 1.82) is 0 Å². The molecule has 8 nitrogen and oxygen atoms in total. The molecule has 0 aliphatic heterocycles. The lowest BCUT2D eigenvalue weighted by atomic mass is 9.89. The summed E-state index contributed by atoms with van der Waals surface area (Å²) < 4.78 is 10.8. The normalized spacial score (nSPS) is 13.5. The summed E-state index contributed by atoms with van der Waals surface area (Å²) in [6.45, 7) is 2.59. The Morgan fingerprint density at radius 2 is 1.21 bits per heavy atom. The monoisotopic (exact) mass is 342 g/mol. The number of aliphatic hydroxyl groups excluding tert-OH is 2. The Balaban J connectivity index is 3.53. The van der Waals surface area contributed by atoms with Crippen LogP contribution in [0.25, 0.3) is 0 Å². The molecule has 0 spiro atoms. The average Bonchev–Trinajstić information content (AvgIpc) is 2.55. The molecule has 24 heavy (non-hydrogen) atoms. The van der Waals surface area contributed by atoms with Crippen molar-refractivity contribution < 1.29 is 39.5 Å². The number of carbonyl (C=O) groups is 2. The molecule has 0 saturated heterocycles. The number of aromatic carboxylic acids is 2. The van der Waals surface area contributed by atoms with Gasteiger partial charge >= 0.3 is 11.9 Å². The van der Waals surface area contributed by atoms with Crippen molar-refractivity contribution >= 4 is 11.9 Å². The van der Waals surface area contributed by atoms with E-state index in [0.29, 0.717) is 0 Å². The van der Waals surface area contributed by atoms with Gasteiger partial charge in [-0.2, -0.15) is 0 Å². The highest BCUT2D eigenvalue weighted by molar-refractivity contribution is 5.95. The molecule has 4 N–H and O–H groups in total. The first-order valence-electron chi connectivity index (χ1n) is 7.43. The van der Waals surface area contributed by atoms with Gasteiger partial charge in [-0.05, 0) is 26.0 Å². The standard InChI is InChI=1S/C16H22O8/c1-9(23-7-5-17)13-11(15(19)20)3-4-12(16(21)22)14(13)10(2)24-8-6-18/h3-4,9-10,17-18H,5-8H2,1-2H3,(H,19,20)(H,21,22). The van der Waals surface area contributed by atoms with Gasteiger partial charge in [-0.25, -0.2) is 9.59 Å². The average molecular weight is 342 g/mol. The summed E-state index contributed by atoms with van der Waals surface area (Å²) in [7, 11) is 0. The van der Waals surface area contributed by atoms with Crippen LogP contribution in [0.1, 0.15) is 57.9 Å². The Kier molecular flexibility index (Phi) is 7.80. The van der Waals surface area contributed by atoms with E-state index in [2.05, 4.69) is 0 Å². The number of carboxylic acid groups (broad SMARTS) is 2. The second kappa shape index (κ2) is 9.33. The largest absolute Gasteiger partial charge is 0.478 e. The third kappa shape index (κ3) is 4.75. The lowest BCUT2D eigenvalue weighted by Crippen LogP contribution is -2.19. The molecule has 0 radical (unpaired) electrons. The van der Waals surface area contributed by atoms with Crippen LogP contribution in [0.15, 0.2) is 12.1 Å². The number of carboxylic acids is 2. The molecular weight excluding hydrogens is 320 g/mol. The van der Waals surface area contributed by atoms with Crippen molar-refractivity contribution in [3.8, 4) is 0 Å². The summed E-state index contributed by atoms with van der Waals surface area (Å²) in [6.07, 6.45) is -1.53. The van der Waals surface area contributed by atoms with Crippen LogP contribution < -0.4 is 0 Å². The first kappa shape index (κ1) is 20.0. The first-order chi connectivity index (χ1) is 11.3. The molecule has 0 aliphatic carbocycles. The fraction of sp³-hybridized carbons (Fsp3) is 0.500. The maximum Gasteiger partial charge on any atom is 0.336 e. The molecule has 8 heteroatoms. The molecule has 0 aliphatic rings. The number of ether oxygens (including phenoxy) is 2. The van der Waals surface area contributed by atoms with Gasteiger partial charge in [0.25, 0.3) is 0 Å². The van der Waals surface area contributed by atoms with Crippen LogP contribution in [-0.2, 0) is 9.47 Å². The molecule has 0 fully saturated rings. The van der Waals surface area contributed by atoms with Crippen LogP contribution >= 0.6 is 0 Å². The highest BCUT2D eigenvalue weighted by Gasteiger charge is 2.28. The van der Waals surface area contributed by atoms with Gasteiger partial charge in [0.1, 0.15) is 0 Å². The highest BCUT2D eigenvalue weighted by atomic mass is 16.5. The Morgan fingerprint density at radius 1 is 0.875 bits per heavy atom. The maximum absolute atomic E-state index is 11.5. The smallest absolute Gasteiger partial charge is 0.336 e. The van der Waals surface area contributed by atoms with Gasteiger partial charge in [0.15, 0.2) is 0 Å². The third-order valence-electron chi connectivity index (χ3n) is 3.48. The number of aliphatic hydroxyl groups is 2.